The van der Waals surface area contributed by atoms with Crippen LogP contribution >= 0.6 is 11.3 Å². The van der Waals surface area contributed by atoms with Gasteiger partial charge in [0.1, 0.15) is 22.3 Å². The van der Waals surface area contributed by atoms with E-state index in [2.05, 4.69) is 25.5 Å². The molecule has 0 aromatic carbocycles. The molecule has 3 N–H and O–H groups in total. The fourth-order valence-electron chi connectivity index (χ4n) is 3.37. The van der Waals surface area contributed by atoms with Gasteiger partial charge in [-0.3, -0.25) is 4.98 Å². The lowest BCUT2D eigenvalue weighted by molar-refractivity contribution is -0.356. The van der Waals surface area contributed by atoms with Crippen LogP contribution in [0.1, 0.15) is 29.8 Å². The molecule has 12 heteroatoms. The molecule has 3 aromatic heterocycles. The molecule has 0 atom stereocenters. The molecule has 0 amide bonds. The second kappa shape index (κ2) is 7.77. The fourth-order valence-corrected chi connectivity index (χ4v) is 4.26. The molecular weight excluding hydrogens is 438 g/mol. The average molecular weight is 455 g/mol. The Morgan fingerprint density at radius 1 is 1.10 bits per heavy atom. The second-order valence-corrected chi connectivity index (χ2v) is 8.36. The summed E-state index contributed by atoms with van der Waals surface area (Å²) in [6, 6.07) is 5.99. The Labute approximate surface area is 177 Å². The zero-order valence-electron chi connectivity index (χ0n) is 15.9. The molecule has 7 nitrogen and oxygen atoms in total. The van der Waals surface area contributed by atoms with Crippen LogP contribution in [0.5, 0.6) is 0 Å². The van der Waals surface area contributed by atoms with Crippen molar-refractivity contribution in [1.29, 1.82) is 0 Å². The number of anilines is 1. The Morgan fingerprint density at radius 3 is 2.45 bits per heavy atom. The predicted octanol–water partition coefficient (Wildman–Crippen LogP) is 3.37. The van der Waals surface area contributed by atoms with E-state index >= 15 is 0 Å². The van der Waals surface area contributed by atoms with Crippen LogP contribution in [0.4, 0.5) is 23.4 Å². The zero-order valence-corrected chi connectivity index (χ0v) is 16.7. The van der Waals surface area contributed by atoms with Crippen LogP contribution in [0.3, 0.4) is 0 Å². The van der Waals surface area contributed by atoms with Crippen molar-refractivity contribution in [1.82, 2.24) is 20.2 Å². The number of aliphatic hydroxyl groups is 2. The molecule has 0 saturated heterocycles. The lowest BCUT2D eigenvalue weighted by atomic mass is 9.66. The highest BCUT2D eigenvalue weighted by atomic mass is 32.1. The normalized spacial score (nSPS) is 16.1. The van der Waals surface area contributed by atoms with Crippen LogP contribution in [0.15, 0.2) is 36.7 Å². The third-order valence-corrected chi connectivity index (χ3v) is 6.43. The maximum Gasteiger partial charge on any atom is 0.448 e. The summed E-state index contributed by atoms with van der Waals surface area (Å²) in [5.74, 6) is -3.94. The van der Waals surface area contributed by atoms with Gasteiger partial charge in [-0.25, -0.2) is 9.37 Å². The van der Waals surface area contributed by atoms with Crippen molar-refractivity contribution in [3.8, 4) is 10.7 Å². The number of hydrogen-bond donors (Lipinski definition) is 3. The van der Waals surface area contributed by atoms with Crippen LogP contribution in [0, 0.1) is 5.82 Å². The molecular formula is C19H17F4N5O2S. The molecule has 31 heavy (non-hydrogen) atoms. The monoisotopic (exact) mass is 455 g/mol. The summed E-state index contributed by atoms with van der Waals surface area (Å²) >= 11 is 0.451. The van der Waals surface area contributed by atoms with Crippen LogP contribution in [0.2, 0.25) is 0 Å². The second-order valence-electron chi connectivity index (χ2n) is 7.32. The third kappa shape index (κ3) is 3.98. The topological polar surface area (TPSA) is 104 Å². The van der Waals surface area contributed by atoms with E-state index < -0.39 is 22.3 Å². The number of alkyl halides is 3. The summed E-state index contributed by atoms with van der Waals surface area (Å²) in [5.41, 5.74) is 0.155. The maximum absolute atomic E-state index is 14.2. The summed E-state index contributed by atoms with van der Waals surface area (Å²) in [4.78, 5) is 7.20. The van der Waals surface area contributed by atoms with E-state index in [1.165, 1.54) is 12.1 Å². The van der Waals surface area contributed by atoms with Gasteiger partial charge in [0, 0.05) is 24.4 Å². The Bertz CT molecular complexity index is 1070. The number of pyridine rings is 1. The van der Waals surface area contributed by atoms with E-state index in [0.717, 1.165) is 25.5 Å². The first kappa shape index (κ1) is 21.5. The van der Waals surface area contributed by atoms with Gasteiger partial charge in [0.25, 0.3) is 0 Å². The third-order valence-electron chi connectivity index (χ3n) is 5.31. The minimum Gasteiger partial charge on any atom is -0.368 e. The molecule has 1 saturated carbocycles. The Morgan fingerprint density at radius 2 is 1.87 bits per heavy atom. The standard InChI is InChI=1S/C19H17F4N5O2S/c20-11-3-1-8-24-15(11)17(6-2-7-17)10-26-14-5-4-12(27-28-14)16-25-9-13(31-16)18(29,30)19(21,22)23/h1,3-5,8-9,29-30H,2,6-7,10H2,(H,26,28). The van der Waals surface area contributed by atoms with Crippen molar-refractivity contribution in [2.24, 2.45) is 0 Å². The lowest BCUT2D eigenvalue weighted by Crippen LogP contribution is -2.42. The fraction of sp³-hybridized carbons (Fsp3) is 0.368. The summed E-state index contributed by atoms with van der Waals surface area (Å²) in [6.45, 7) is 0.402. The van der Waals surface area contributed by atoms with Crippen LogP contribution < -0.4 is 5.32 Å². The van der Waals surface area contributed by atoms with E-state index in [0.29, 0.717) is 29.4 Å². The predicted molar refractivity (Wildman–Crippen MR) is 104 cm³/mol. The first-order chi connectivity index (χ1) is 14.6. The van der Waals surface area contributed by atoms with Gasteiger partial charge in [-0.1, -0.05) is 6.42 Å². The Hall–Kier alpha value is -2.70. The average Bonchev–Trinajstić information content (AvgIpc) is 3.19. The van der Waals surface area contributed by atoms with E-state index in [1.54, 1.807) is 18.3 Å². The van der Waals surface area contributed by atoms with Gasteiger partial charge in [0.15, 0.2) is 0 Å². The highest BCUT2D eigenvalue weighted by Gasteiger charge is 2.55. The molecule has 3 heterocycles. The molecule has 164 valence electrons. The molecule has 0 spiro atoms. The Balaban J connectivity index is 1.47. The van der Waals surface area contributed by atoms with Crippen LogP contribution in [-0.2, 0) is 11.2 Å². The van der Waals surface area contributed by atoms with Crippen LogP contribution in [0.25, 0.3) is 10.7 Å². The largest absolute Gasteiger partial charge is 0.448 e. The molecule has 0 radical (unpaired) electrons. The summed E-state index contributed by atoms with van der Waals surface area (Å²) in [5, 5.41) is 29.8. The number of hydrogen-bond acceptors (Lipinski definition) is 8. The number of nitrogens with one attached hydrogen (secondary N) is 1. The van der Waals surface area contributed by atoms with Gasteiger partial charge in [0.2, 0.25) is 0 Å². The molecule has 0 bridgehead atoms. The van der Waals surface area contributed by atoms with Crippen LogP contribution in [-0.4, -0.2) is 43.1 Å². The minimum atomic E-state index is -5.26. The smallest absolute Gasteiger partial charge is 0.368 e. The van der Waals surface area contributed by atoms with Crippen molar-refractivity contribution in [3.63, 3.8) is 0 Å². The number of halogens is 4. The summed E-state index contributed by atoms with van der Waals surface area (Å²) < 4.78 is 52.5. The SMILES string of the molecule is OC(O)(c1cnc(-c2ccc(NCC3(c4ncccc4F)CCC3)nn2)s1)C(F)(F)F. The molecule has 1 aliphatic carbocycles. The Kier molecular flexibility index (Phi) is 5.40. The van der Waals surface area contributed by atoms with Gasteiger partial charge in [-0.15, -0.1) is 21.5 Å². The number of aromatic nitrogens is 4. The molecule has 4 rings (SSSR count). The van der Waals surface area contributed by atoms with E-state index in [-0.39, 0.29) is 16.5 Å². The first-order valence-electron chi connectivity index (χ1n) is 9.29. The van der Waals surface area contributed by atoms with Gasteiger partial charge in [-0.05, 0) is 37.1 Å². The lowest BCUT2D eigenvalue weighted by Gasteiger charge is -2.41. The first-order valence-corrected chi connectivity index (χ1v) is 10.1. The minimum absolute atomic E-state index is 0.0526. The molecule has 1 fully saturated rings. The van der Waals surface area contributed by atoms with Gasteiger partial charge in [-0.2, -0.15) is 13.2 Å². The van der Waals surface area contributed by atoms with E-state index in [9.17, 15) is 27.8 Å². The van der Waals surface area contributed by atoms with Crippen molar-refractivity contribution in [2.75, 3.05) is 11.9 Å². The van der Waals surface area contributed by atoms with Crippen molar-refractivity contribution >= 4 is 17.2 Å². The van der Waals surface area contributed by atoms with Crippen molar-refractivity contribution in [3.05, 3.63) is 53.0 Å². The summed E-state index contributed by atoms with van der Waals surface area (Å²) in [7, 11) is 0. The molecule has 0 aliphatic heterocycles. The number of nitrogens with zero attached hydrogens (tertiary/aromatic N) is 4. The quantitative estimate of drug-likeness (QED) is 0.387. The van der Waals surface area contributed by atoms with Crippen molar-refractivity contribution in [2.45, 2.75) is 36.6 Å². The van der Waals surface area contributed by atoms with Crippen molar-refractivity contribution < 1.29 is 27.8 Å². The van der Waals surface area contributed by atoms with Gasteiger partial charge >= 0.3 is 12.0 Å². The maximum atomic E-state index is 14.2. The molecule has 0 unspecified atom stereocenters. The number of rotatable bonds is 6. The molecule has 3 aromatic rings. The summed E-state index contributed by atoms with van der Waals surface area (Å²) in [6.07, 6.45) is -0.440. The highest BCUT2D eigenvalue weighted by Crippen LogP contribution is 2.44. The molecule has 1 aliphatic rings. The zero-order chi connectivity index (χ0) is 22.3. The van der Waals surface area contributed by atoms with E-state index in [4.69, 9.17) is 0 Å². The van der Waals surface area contributed by atoms with Gasteiger partial charge < -0.3 is 15.5 Å². The van der Waals surface area contributed by atoms with E-state index in [1.807, 2.05) is 0 Å². The number of thiazole rings is 1. The highest BCUT2D eigenvalue weighted by molar-refractivity contribution is 7.15. The van der Waals surface area contributed by atoms with Gasteiger partial charge in [0.05, 0.1) is 10.6 Å².